The Labute approximate surface area is 106 Å². The highest BCUT2D eigenvalue weighted by molar-refractivity contribution is 6.30. The lowest BCUT2D eigenvalue weighted by Gasteiger charge is -2.22. The summed E-state index contributed by atoms with van der Waals surface area (Å²) in [5, 5.41) is 0.408. The molecule has 17 heavy (non-hydrogen) atoms. The van der Waals surface area contributed by atoms with Gasteiger partial charge in [-0.2, -0.15) is 0 Å². The third-order valence-electron chi connectivity index (χ3n) is 3.25. The van der Waals surface area contributed by atoms with E-state index in [4.69, 9.17) is 22.1 Å². The summed E-state index contributed by atoms with van der Waals surface area (Å²) in [6.07, 6.45) is 2.84. The summed E-state index contributed by atoms with van der Waals surface area (Å²) in [5.74, 6) is 0.254. The third kappa shape index (κ3) is 3.18. The van der Waals surface area contributed by atoms with Gasteiger partial charge >= 0.3 is 0 Å². The molecule has 4 heteroatoms. The molecule has 0 aliphatic heterocycles. The summed E-state index contributed by atoms with van der Waals surface area (Å²) in [7, 11) is 1.67. The number of nitrogens with two attached hydrogens (primary N) is 1. The molecule has 0 bridgehead atoms. The van der Waals surface area contributed by atoms with Gasteiger partial charge in [0, 0.05) is 18.2 Å². The van der Waals surface area contributed by atoms with Crippen molar-refractivity contribution in [1.29, 1.82) is 0 Å². The van der Waals surface area contributed by atoms with Crippen LogP contribution in [0.2, 0.25) is 5.02 Å². The van der Waals surface area contributed by atoms with Gasteiger partial charge in [0.1, 0.15) is 5.82 Å². The first kappa shape index (κ1) is 12.8. The Morgan fingerprint density at radius 1 is 1.53 bits per heavy atom. The number of benzene rings is 1. The van der Waals surface area contributed by atoms with Crippen LogP contribution in [0.25, 0.3) is 0 Å². The van der Waals surface area contributed by atoms with E-state index in [9.17, 15) is 4.39 Å². The number of ether oxygens (including phenoxy) is 1. The lowest BCUT2D eigenvalue weighted by Crippen LogP contribution is -2.39. The average molecular weight is 258 g/mol. The molecule has 2 atom stereocenters. The molecule has 2 unspecified atom stereocenters. The Hall–Kier alpha value is -0.640. The SMILES string of the molecule is COC(C(N)Cc1ccc(Cl)cc1F)C1CC1. The van der Waals surface area contributed by atoms with Gasteiger partial charge in [0.2, 0.25) is 0 Å². The fourth-order valence-electron chi connectivity index (χ4n) is 2.20. The van der Waals surface area contributed by atoms with Crippen molar-refractivity contribution in [1.82, 2.24) is 0 Å². The summed E-state index contributed by atoms with van der Waals surface area (Å²) in [4.78, 5) is 0. The lowest BCUT2D eigenvalue weighted by molar-refractivity contribution is 0.0624. The largest absolute Gasteiger partial charge is 0.380 e. The molecule has 2 rings (SSSR count). The Morgan fingerprint density at radius 3 is 2.76 bits per heavy atom. The lowest BCUT2D eigenvalue weighted by atomic mass is 9.99. The molecule has 1 fully saturated rings. The molecule has 2 N–H and O–H groups in total. The van der Waals surface area contributed by atoms with Gasteiger partial charge in [-0.05, 0) is 42.9 Å². The molecule has 0 radical (unpaired) electrons. The Kier molecular flexibility index (Phi) is 4.02. The van der Waals surface area contributed by atoms with Crippen LogP contribution in [0.4, 0.5) is 4.39 Å². The predicted octanol–water partition coefficient (Wildman–Crippen LogP) is 2.77. The maximum atomic E-state index is 13.6. The van der Waals surface area contributed by atoms with Gasteiger partial charge in [0.05, 0.1) is 6.10 Å². The van der Waals surface area contributed by atoms with Crippen molar-refractivity contribution in [3.63, 3.8) is 0 Å². The fraction of sp³-hybridized carbons (Fsp3) is 0.538. The average Bonchev–Trinajstić information content (AvgIpc) is 3.08. The molecule has 1 aliphatic rings. The highest BCUT2D eigenvalue weighted by Crippen LogP contribution is 2.35. The highest BCUT2D eigenvalue weighted by atomic mass is 35.5. The molecule has 0 amide bonds. The predicted molar refractivity (Wildman–Crippen MR) is 66.6 cm³/mol. The number of hydrogen-bond acceptors (Lipinski definition) is 2. The van der Waals surface area contributed by atoms with Crippen LogP contribution in [-0.4, -0.2) is 19.3 Å². The Balaban J connectivity index is 2.03. The van der Waals surface area contributed by atoms with Crippen LogP contribution in [0.1, 0.15) is 18.4 Å². The minimum atomic E-state index is -0.293. The zero-order valence-corrected chi connectivity index (χ0v) is 10.6. The molecule has 0 spiro atoms. The van der Waals surface area contributed by atoms with Crippen molar-refractivity contribution in [2.45, 2.75) is 31.4 Å². The van der Waals surface area contributed by atoms with E-state index in [-0.39, 0.29) is 18.0 Å². The van der Waals surface area contributed by atoms with E-state index >= 15 is 0 Å². The van der Waals surface area contributed by atoms with E-state index in [1.807, 2.05) is 0 Å². The van der Waals surface area contributed by atoms with Gasteiger partial charge in [0.25, 0.3) is 0 Å². The Bertz CT molecular complexity index is 395. The number of hydrogen-bond donors (Lipinski definition) is 1. The van der Waals surface area contributed by atoms with Crippen molar-refractivity contribution in [3.05, 3.63) is 34.6 Å². The molecule has 0 aromatic heterocycles. The van der Waals surface area contributed by atoms with E-state index in [1.165, 1.54) is 6.07 Å². The Morgan fingerprint density at radius 2 is 2.24 bits per heavy atom. The van der Waals surface area contributed by atoms with E-state index < -0.39 is 0 Å². The molecule has 1 aromatic rings. The standard InChI is InChI=1S/C13H17ClFNO/c1-17-13(8-2-3-8)12(16)6-9-4-5-10(14)7-11(9)15/h4-5,7-8,12-13H,2-3,6,16H2,1H3. The van der Waals surface area contributed by atoms with Gasteiger partial charge in [0.15, 0.2) is 0 Å². The second kappa shape index (κ2) is 5.34. The van der Waals surface area contributed by atoms with Gasteiger partial charge in [-0.1, -0.05) is 17.7 Å². The third-order valence-corrected chi connectivity index (χ3v) is 3.49. The van der Waals surface area contributed by atoms with Crippen LogP contribution in [-0.2, 0) is 11.2 Å². The van der Waals surface area contributed by atoms with E-state index in [2.05, 4.69) is 0 Å². The van der Waals surface area contributed by atoms with Crippen LogP contribution < -0.4 is 5.73 Å². The fourth-order valence-corrected chi connectivity index (χ4v) is 2.36. The van der Waals surface area contributed by atoms with Crippen LogP contribution >= 0.6 is 11.6 Å². The normalized spacial score (nSPS) is 19.1. The first-order valence-electron chi connectivity index (χ1n) is 5.84. The number of halogens is 2. The van der Waals surface area contributed by atoms with Gasteiger partial charge in [-0.15, -0.1) is 0 Å². The minimum absolute atomic E-state index is 0.0325. The van der Waals surface area contributed by atoms with Crippen molar-refractivity contribution < 1.29 is 9.13 Å². The second-order valence-electron chi connectivity index (χ2n) is 4.64. The zero-order valence-electron chi connectivity index (χ0n) is 9.83. The molecule has 1 aromatic carbocycles. The van der Waals surface area contributed by atoms with E-state index in [0.29, 0.717) is 22.9 Å². The monoisotopic (exact) mass is 257 g/mol. The van der Waals surface area contributed by atoms with E-state index in [0.717, 1.165) is 12.8 Å². The smallest absolute Gasteiger partial charge is 0.127 e. The van der Waals surface area contributed by atoms with Crippen molar-refractivity contribution in [3.8, 4) is 0 Å². The molecular formula is C13H17ClFNO. The van der Waals surface area contributed by atoms with Crippen LogP contribution in [0, 0.1) is 11.7 Å². The highest BCUT2D eigenvalue weighted by Gasteiger charge is 2.35. The first-order valence-corrected chi connectivity index (χ1v) is 6.22. The summed E-state index contributed by atoms with van der Waals surface area (Å²) in [5.41, 5.74) is 6.69. The maximum Gasteiger partial charge on any atom is 0.127 e. The summed E-state index contributed by atoms with van der Waals surface area (Å²) >= 11 is 5.71. The van der Waals surface area contributed by atoms with Gasteiger partial charge < -0.3 is 10.5 Å². The minimum Gasteiger partial charge on any atom is -0.380 e. The van der Waals surface area contributed by atoms with Crippen LogP contribution in [0.15, 0.2) is 18.2 Å². The van der Waals surface area contributed by atoms with Crippen molar-refractivity contribution in [2.24, 2.45) is 11.7 Å². The number of rotatable bonds is 5. The van der Waals surface area contributed by atoms with Gasteiger partial charge in [-0.25, -0.2) is 4.39 Å². The molecule has 0 saturated heterocycles. The molecular weight excluding hydrogens is 241 g/mol. The summed E-state index contributed by atoms with van der Waals surface area (Å²) in [6, 6.07) is 4.54. The van der Waals surface area contributed by atoms with Crippen LogP contribution in [0.5, 0.6) is 0 Å². The molecule has 1 aliphatic carbocycles. The molecule has 2 nitrogen and oxygen atoms in total. The summed E-state index contributed by atoms with van der Waals surface area (Å²) in [6.45, 7) is 0. The van der Waals surface area contributed by atoms with Crippen molar-refractivity contribution in [2.75, 3.05) is 7.11 Å². The topological polar surface area (TPSA) is 35.2 Å². The second-order valence-corrected chi connectivity index (χ2v) is 5.08. The molecule has 94 valence electrons. The summed E-state index contributed by atoms with van der Waals surface area (Å²) < 4.78 is 19.0. The molecule has 0 heterocycles. The van der Waals surface area contributed by atoms with Crippen molar-refractivity contribution >= 4 is 11.6 Å². The molecule has 1 saturated carbocycles. The van der Waals surface area contributed by atoms with Crippen LogP contribution in [0.3, 0.4) is 0 Å². The first-order chi connectivity index (χ1) is 8.11. The number of methoxy groups -OCH3 is 1. The zero-order chi connectivity index (χ0) is 12.4. The van der Waals surface area contributed by atoms with E-state index in [1.54, 1.807) is 19.2 Å². The maximum absolute atomic E-state index is 13.6. The quantitative estimate of drug-likeness (QED) is 0.880. The van der Waals surface area contributed by atoms with Gasteiger partial charge in [-0.3, -0.25) is 0 Å².